The standard InChI is InChI=1S/C9H16O8/c1-4(9(15)16)17-8(6(13)3-11)7(14)5(12)2-10/h3-8,10,12-14H,2H2,1H3,(H,15,16)/t4-,5+,6+,7+,8+/m0/s1. The Labute approximate surface area is 97.1 Å². The first-order valence-corrected chi connectivity index (χ1v) is 4.83. The average Bonchev–Trinajstić information content (AvgIpc) is 2.32. The van der Waals surface area contributed by atoms with Crippen LogP contribution in [0.2, 0.25) is 0 Å². The van der Waals surface area contributed by atoms with Crippen LogP contribution in [0.4, 0.5) is 0 Å². The summed E-state index contributed by atoms with van der Waals surface area (Å²) in [5.41, 5.74) is 0. The molecule has 0 unspecified atom stereocenters. The minimum absolute atomic E-state index is 0.0343. The summed E-state index contributed by atoms with van der Waals surface area (Å²) < 4.78 is 4.75. The SMILES string of the molecule is C[C@H](O[C@@H]([C@H](O)[C@H](O)CO)[C@H](O)C=O)C(=O)O. The van der Waals surface area contributed by atoms with Crippen molar-refractivity contribution in [2.24, 2.45) is 0 Å². The fourth-order valence-electron chi connectivity index (χ4n) is 1.06. The van der Waals surface area contributed by atoms with Crippen molar-refractivity contribution in [3.8, 4) is 0 Å². The number of carbonyl (C=O) groups is 2. The predicted molar refractivity (Wildman–Crippen MR) is 53.1 cm³/mol. The Morgan fingerprint density at radius 1 is 1.35 bits per heavy atom. The minimum atomic E-state index is -1.81. The number of rotatable bonds is 8. The fourth-order valence-corrected chi connectivity index (χ4v) is 1.06. The summed E-state index contributed by atoms with van der Waals surface area (Å²) in [5, 5.41) is 45.0. The van der Waals surface area contributed by atoms with E-state index in [1.54, 1.807) is 0 Å². The molecule has 0 heterocycles. The lowest BCUT2D eigenvalue weighted by molar-refractivity contribution is -0.178. The number of aliphatic hydroxyl groups excluding tert-OH is 4. The van der Waals surface area contributed by atoms with Gasteiger partial charge in [0, 0.05) is 0 Å². The summed E-state index contributed by atoms with van der Waals surface area (Å²) in [6.07, 6.45) is -8.26. The molecule has 0 aromatic carbocycles. The molecule has 100 valence electrons. The first-order chi connectivity index (χ1) is 7.84. The Kier molecular flexibility index (Phi) is 6.85. The molecule has 5 atom stereocenters. The number of ether oxygens (including phenoxy) is 1. The Bertz CT molecular complexity index is 255. The summed E-state index contributed by atoms with van der Waals surface area (Å²) in [6, 6.07) is 0. The Balaban J connectivity index is 4.75. The van der Waals surface area contributed by atoms with Crippen LogP contribution in [0, 0.1) is 0 Å². The van der Waals surface area contributed by atoms with Crippen LogP contribution in [0.3, 0.4) is 0 Å². The van der Waals surface area contributed by atoms with E-state index in [9.17, 15) is 19.8 Å². The maximum absolute atomic E-state index is 10.5. The van der Waals surface area contributed by atoms with Crippen LogP contribution in [0.1, 0.15) is 6.92 Å². The van der Waals surface area contributed by atoms with Gasteiger partial charge in [0.15, 0.2) is 12.4 Å². The molecule has 8 nitrogen and oxygen atoms in total. The third kappa shape index (κ3) is 4.75. The van der Waals surface area contributed by atoms with Gasteiger partial charge >= 0.3 is 5.97 Å². The third-order valence-electron chi connectivity index (χ3n) is 2.10. The highest BCUT2D eigenvalue weighted by Crippen LogP contribution is 2.11. The largest absolute Gasteiger partial charge is 0.479 e. The van der Waals surface area contributed by atoms with E-state index in [2.05, 4.69) is 0 Å². The van der Waals surface area contributed by atoms with E-state index < -0.39 is 43.1 Å². The zero-order valence-electron chi connectivity index (χ0n) is 9.13. The first-order valence-electron chi connectivity index (χ1n) is 4.83. The summed E-state index contributed by atoms with van der Waals surface area (Å²) in [6.45, 7) is 0.305. The number of aliphatic carboxylic acids is 1. The maximum atomic E-state index is 10.5. The molecule has 0 rings (SSSR count). The quantitative estimate of drug-likeness (QED) is 0.290. The van der Waals surface area contributed by atoms with Crippen LogP contribution in [0.5, 0.6) is 0 Å². The Morgan fingerprint density at radius 2 is 1.88 bits per heavy atom. The lowest BCUT2D eigenvalue weighted by Gasteiger charge is -2.28. The molecule has 8 heteroatoms. The second-order valence-corrected chi connectivity index (χ2v) is 3.45. The molecule has 0 aromatic rings. The van der Waals surface area contributed by atoms with E-state index in [-0.39, 0.29) is 6.29 Å². The number of carboxylic acids is 1. The topological polar surface area (TPSA) is 145 Å². The molecule has 0 bridgehead atoms. The molecule has 0 aliphatic rings. The van der Waals surface area contributed by atoms with Gasteiger partial charge in [-0.15, -0.1) is 0 Å². The molecule has 17 heavy (non-hydrogen) atoms. The van der Waals surface area contributed by atoms with Crippen molar-refractivity contribution in [1.29, 1.82) is 0 Å². The predicted octanol–water partition coefficient (Wildman–Crippen LogP) is -2.88. The highest BCUT2D eigenvalue weighted by molar-refractivity contribution is 5.71. The van der Waals surface area contributed by atoms with E-state index in [0.717, 1.165) is 6.92 Å². The van der Waals surface area contributed by atoms with Crippen molar-refractivity contribution >= 4 is 12.3 Å². The molecule has 0 aromatic heterocycles. The molecule has 0 aliphatic carbocycles. The molecular weight excluding hydrogens is 236 g/mol. The number of hydrogen-bond acceptors (Lipinski definition) is 7. The van der Waals surface area contributed by atoms with Gasteiger partial charge in [0.1, 0.15) is 24.4 Å². The second kappa shape index (κ2) is 7.30. The van der Waals surface area contributed by atoms with Gasteiger partial charge in [0.2, 0.25) is 0 Å². The fraction of sp³-hybridized carbons (Fsp3) is 0.778. The van der Waals surface area contributed by atoms with Crippen LogP contribution in [-0.2, 0) is 14.3 Å². The van der Waals surface area contributed by atoms with E-state index in [0.29, 0.717) is 0 Å². The van der Waals surface area contributed by atoms with Gasteiger partial charge in [-0.25, -0.2) is 4.79 Å². The smallest absolute Gasteiger partial charge is 0.332 e. The van der Waals surface area contributed by atoms with Gasteiger partial charge in [-0.2, -0.15) is 0 Å². The molecular formula is C9H16O8. The summed E-state index contributed by atoms with van der Waals surface area (Å²) >= 11 is 0. The lowest BCUT2D eigenvalue weighted by atomic mass is 10.0. The van der Waals surface area contributed by atoms with Gasteiger partial charge < -0.3 is 35.1 Å². The van der Waals surface area contributed by atoms with Gasteiger partial charge in [-0.1, -0.05) is 0 Å². The zero-order chi connectivity index (χ0) is 13.6. The third-order valence-corrected chi connectivity index (χ3v) is 2.10. The van der Waals surface area contributed by atoms with E-state index in [4.69, 9.17) is 20.1 Å². The van der Waals surface area contributed by atoms with Gasteiger partial charge in [0.05, 0.1) is 6.61 Å². The lowest BCUT2D eigenvalue weighted by Crippen LogP contribution is -2.50. The maximum Gasteiger partial charge on any atom is 0.332 e. The monoisotopic (exact) mass is 252 g/mol. The number of aliphatic hydroxyl groups is 4. The number of carbonyl (C=O) groups excluding carboxylic acids is 1. The molecule has 0 fully saturated rings. The summed E-state index contributed by atoms with van der Waals surface area (Å²) in [4.78, 5) is 20.9. The average molecular weight is 252 g/mol. The van der Waals surface area contributed by atoms with E-state index >= 15 is 0 Å². The zero-order valence-corrected chi connectivity index (χ0v) is 9.13. The summed E-state index contributed by atoms with van der Waals surface area (Å²) in [7, 11) is 0. The normalized spacial score (nSPS) is 20.1. The van der Waals surface area contributed by atoms with Gasteiger partial charge in [-0.05, 0) is 6.92 Å². The van der Waals surface area contributed by atoms with Crippen molar-refractivity contribution in [1.82, 2.24) is 0 Å². The first kappa shape index (κ1) is 15.9. The molecule has 5 N–H and O–H groups in total. The van der Waals surface area contributed by atoms with Gasteiger partial charge in [0.25, 0.3) is 0 Å². The molecule has 0 saturated heterocycles. The molecule has 0 aliphatic heterocycles. The number of carboxylic acid groups (broad SMARTS) is 1. The van der Waals surface area contributed by atoms with E-state index in [1.807, 2.05) is 0 Å². The van der Waals surface area contributed by atoms with Crippen LogP contribution < -0.4 is 0 Å². The number of aldehydes is 1. The minimum Gasteiger partial charge on any atom is -0.479 e. The Morgan fingerprint density at radius 3 is 2.24 bits per heavy atom. The highest BCUT2D eigenvalue weighted by Gasteiger charge is 2.35. The van der Waals surface area contributed by atoms with Crippen molar-refractivity contribution in [2.45, 2.75) is 37.4 Å². The van der Waals surface area contributed by atoms with E-state index in [1.165, 1.54) is 0 Å². The number of hydrogen-bond donors (Lipinski definition) is 5. The van der Waals surface area contributed by atoms with Crippen LogP contribution in [-0.4, -0.2) is 74.9 Å². The highest BCUT2D eigenvalue weighted by atomic mass is 16.5. The Hall–Kier alpha value is -1.06. The van der Waals surface area contributed by atoms with Crippen molar-refractivity contribution in [3.05, 3.63) is 0 Å². The van der Waals surface area contributed by atoms with Crippen LogP contribution in [0.25, 0.3) is 0 Å². The molecule has 0 saturated carbocycles. The second-order valence-electron chi connectivity index (χ2n) is 3.45. The van der Waals surface area contributed by atoms with Crippen molar-refractivity contribution < 1.29 is 39.9 Å². The molecule has 0 amide bonds. The molecule has 0 spiro atoms. The van der Waals surface area contributed by atoms with Crippen molar-refractivity contribution in [3.63, 3.8) is 0 Å². The van der Waals surface area contributed by atoms with Gasteiger partial charge in [-0.3, -0.25) is 0 Å². The van der Waals surface area contributed by atoms with Crippen molar-refractivity contribution in [2.75, 3.05) is 6.61 Å². The summed E-state index contributed by atoms with van der Waals surface area (Å²) in [5.74, 6) is -1.36. The molecule has 0 radical (unpaired) electrons. The van der Waals surface area contributed by atoms with Crippen LogP contribution >= 0.6 is 0 Å². The van der Waals surface area contributed by atoms with Crippen LogP contribution in [0.15, 0.2) is 0 Å².